The quantitative estimate of drug-likeness (QED) is 0.424. The first-order valence-electron chi connectivity index (χ1n) is 13.1. The molecule has 0 bridgehead atoms. The van der Waals surface area contributed by atoms with Crippen LogP contribution in [0.2, 0.25) is 0 Å². The van der Waals surface area contributed by atoms with Gasteiger partial charge in [-0.05, 0) is 50.8 Å². The number of hydrogen-bond acceptors (Lipinski definition) is 3. The van der Waals surface area contributed by atoms with Crippen LogP contribution in [0.5, 0.6) is 5.88 Å². The van der Waals surface area contributed by atoms with E-state index in [-0.39, 0.29) is 0 Å². The predicted octanol–water partition coefficient (Wildman–Crippen LogP) is 9.56. The molecule has 0 N–H and O–H groups in total. The van der Waals surface area contributed by atoms with E-state index in [1.165, 1.54) is 24.0 Å². The summed E-state index contributed by atoms with van der Waals surface area (Å²) in [5.41, 5.74) is 6.90. The Labute approximate surface area is 201 Å². The van der Waals surface area contributed by atoms with Crippen molar-refractivity contribution in [3.05, 3.63) is 40.7 Å². The predicted molar refractivity (Wildman–Crippen MR) is 146 cm³/mol. The van der Waals surface area contributed by atoms with Crippen molar-refractivity contribution in [3.8, 4) is 17.1 Å². The topological polar surface area (TPSA) is 35.0 Å². The standard InChI is InChI=1S/C19H26N2O.C4H10.3C2H6/c1-6-9-15-12-13(4)19(20-14(15)5)16-10-11-18(22-8-3)21-17(16)7-2;1-3-4-2;3*1-2/h10-12H,6-9H2,1-5H3;3-4H2,1-2H3;3*1-2H3. The zero-order valence-electron chi connectivity index (χ0n) is 23.8. The number of unbranched alkanes of at least 4 members (excludes halogenated alkanes) is 1. The van der Waals surface area contributed by atoms with E-state index < -0.39 is 0 Å². The van der Waals surface area contributed by atoms with Crippen molar-refractivity contribution in [2.24, 2.45) is 0 Å². The summed E-state index contributed by atoms with van der Waals surface area (Å²) in [6.45, 7) is 27.5. The van der Waals surface area contributed by atoms with E-state index in [4.69, 9.17) is 9.72 Å². The molecule has 2 aromatic heterocycles. The van der Waals surface area contributed by atoms with Crippen molar-refractivity contribution >= 4 is 0 Å². The fourth-order valence-corrected chi connectivity index (χ4v) is 2.75. The zero-order chi connectivity index (χ0) is 25.5. The Bertz CT molecular complexity index is 679. The maximum absolute atomic E-state index is 5.51. The third-order valence-corrected chi connectivity index (χ3v) is 4.36. The lowest BCUT2D eigenvalue weighted by molar-refractivity contribution is 0.326. The average molecular weight is 447 g/mol. The first-order chi connectivity index (χ1) is 15.5. The maximum Gasteiger partial charge on any atom is 0.213 e. The largest absolute Gasteiger partial charge is 0.478 e. The number of ether oxygens (including phenoxy) is 1. The van der Waals surface area contributed by atoms with Gasteiger partial charge in [-0.1, -0.05) is 94.6 Å². The minimum atomic E-state index is 0.637. The summed E-state index contributed by atoms with van der Waals surface area (Å²) in [6.07, 6.45) is 5.74. The molecule has 0 amide bonds. The molecular weight excluding hydrogens is 392 g/mol. The average Bonchev–Trinajstić information content (AvgIpc) is 2.85. The Hall–Kier alpha value is -1.90. The highest BCUT2D eigenvalue weighted by Gasteiger charge is 2.13. The Kier molecular flexibility index (Phi) is 25.8. The second-order valence-electron chi connectivity index (χ2n) is 6.58. The number of aromatic nitrogens is 2. The lowest BCUT2D eigenvalue weighted by Crippen LogP contribution is -2.03. The second-order valence-corrected chi connectivity index (χ2v) is 6.58. The van der Waals surface area contributed by atoms with E-state index >= 15 is 0 Å². The van der Waals surface area contributed by atoms with Gasteiger partial charge in [0.15, 0.2) is 0 Å². The SMILES string of the molecule is CC.CC.CC.CCCC.CCCc1cc(C)c(-c2ccc(OCC)nc2CC)nc1C. The van der Waals surface area contributed by atoms with E-state index in [0.717, 1.165) is 41.9 Å². The van der Waals surface area contributed by atoms with Crippen molar-refractivity contribution in [2.45, 2.75) is 122 Å². The van der Waals surface area contributed by atoms with Crippen LogP contribution in [0, 0.1) is 13.8 Å². The monoisotopic (exact) mass is 446 g/mol. The highest BCUT2D eigenvalue weighted by atomic mass is 16.5. The number of hydrogen-bond donors (Lipinski definition) is 0. The van der Waals surface area contributed by atoms with Crippen LogP contribution in [-0.4, -0.2) is 16.6 Å². The van der Waals surface area contributed by atoms with E-state index in [1.54, 1.807) is 0 Å². The summed E-state index contributed by atoms with van der Waals surface area (Å²) >= 11 is 0. The summed E-state index contributed by atoms with van der Waals surface area (Å²) in [4.78, 5) is 9.49. The van der Waals surface area contributed by atoms with Gasteiger partial charge in [-0.3, -0.25) is 4.98 Å². The molecule has 32 heavy (non-hydrogen) atoms. The molecule has 186 valence electrons. The minimum Gasteiger partial charge on any atom is -0.478 e. The van der Waals surface area contributed by atoms with Crippen LogP contribution < -0.4 is 4.74 Å². The molecule has 3 heteroatoms. The van der Waals surface area contributed by atoms with Crippen LogP contribution in [0.25, 0.3) is 11.3 Å². The summed E-state index contributed by atoms with van der Waals surface area (Å²) in [6, 6.07) is 6.30. The van der Waals surface area contributed by atoms with Crippen LogP contribution in [-0.2, 0) is 12.8 Å². The van der Waals surface area contributed by atoms with Crippen molar-refractivity contribution < 1.29 is 4.74 Å². The van der Waals surface area contributed by atoms with Crippen LogP contribution in [0.4, 0.5) is 0 Å². The van der Waals surface area contributed by atoms with Gasteiger partial charge < -0.3 is 4.74 Å². The van der Waals surface area contributed by atoms with E-state index in [0.29, 0.717) is 12.5 Å². The van der Waals surface area contributed by atoms with Gasteiger partial charge in [0.25, 0.3) is 0 Å². The number of pyridine rings is 2. The number of rotatable bonds is 7. The molecule has 0 spiro atoms. The molecule has 0 aliphatic heterocycles. The Morgan fingerprint density at radius 2 is 1.31 bits per heavy atom. The molecule has 3 nitrogen and oxygen atoms in total. The highest BCUT2D eigenvalue weighted by molar-refractivity contribution is 5.66. The molecule has 0 radical (unpaired) electrons. The third kappa shape index (κ3) is 12.8. The van der Waals surface area contributed by atoms with Crippen LogP contribution in [0.1, 0.15) is 118 Å². The van der Waals surface area contributed by atoms with Gasteiger partial charge in [-0.15, -0.1) is 0 Å². The molecule has 0 saturated heterocycles. The molecule has 2 rings (SSSR count). The second kappa shape index (κ2) is 23.8. The van der Waals surface area contributed by atoms with Crippen LogP contribution in [0.3, 0.4) is 0 Å². The molecule has 0 saturated carbocycles. The van der Waals surface area contributed by atoms with Crippen molar-refractivity contribution in [1.82, 2.24) is 9.97 Å². The van der Waals surface area contributed by atoms with E-state index in [1.807, 2.05) is 54.5 Å². The van der Waals surface area contributed by atoms with Crippen LogP contribution >= 0.6 is 0 Å². The summed E-state index contributed by atoms with van der Waals surface area (Å²) in [5, 5.41) is 0. The first-order valence-corrected chi connectivity index (χ1v) is 13.1. The minimum absolute atomic E-state index is 0.637. The summed E-state index contributed by atoms with van der Waals surface area (Å²) in [5.74, 6) is 0.695. The summed E-state index contributed by atoms with van der Waals surface area (Å²) in [7, 11) is 0. The van der Waals surface area contributed by atoms with Gasteiger partial charge in [0.05, 0.1) is 18.0 Å². The molecule has 0 aliphatic rings. The lowest BCUT2D eigenvalue weighted by Gasteiger charge is -2.14. The third-order valence-electron chi connectivity index (χ3n) is 4.36. The van der Waals surface area contributed by atoms with Gasteiger partial charge in [-0.2, -0.15) is 0 Å². The first kappa shape index (κ1) is 34.7. The van der Waals surface area contributed by atoms with Crippen molar-refractivity contribution in [3.63, 3.8) is 0 Å². The fourth-order valence-electron chi connectivity index (χ4n) is 2.75. The molecule has 0 atom stereocenters. The number of nitrogens with zero attached hydrogens (tertiary/aromatic N) is 2. The molecular formula is C29H54N2O. The van der Waals surface area contributed by atoms with Gasteiger partial charge >= 0.3 is 0 Å². The Balaban J connectivity index is -0.000000727. The zero-order valence-corrected chi connectivity index (χ0v) is 23.8. The normalized spacial score (nSPS) is 8.91. The highest BCUT2D eigenvalue weighted by Crippen LogP contribution is 2.28. The van der Waals surface area contributed by atoms with Crippen molar-refractivity contribution in [2.75, 3.05) is 6.61 Å². The maximum atomic E-state index is 5.51. The smallest absolute Gasteiger partial charge is 0.213 e. The number of aryl methyl sites for hydroxylation is 4. The lowest BCUT2D eigenvalue weighted by atomic mass is 9.99. The molecule has 0 aliphatic carbocycles. The van der Waals surface area contributed by atoms with Crippen molar-refractivity contribution in [1.29, 1.82) is 0 Å². The fraction of sp³-hybridized carbons (Fsp3) is 0.655. The van der Waals surface area contributed by atoms with E-state index in [9.17, 15) is 0 Å². The van der Waals surface area contributed by atoms with Gasteiger partial charge in [-0.25, -0.2) is 4.98 Å². The Morgan fingerprint density at radius 3 is 1.75 bits per heavy atom. The van der Waals surface area contributed by atoms with Crippen LogP contribution in [0.15, 0.2) is 18.2 Å². The van der Waals surface area contributed by atoms with Gasteiger partial charge in [0.2, 0.25) is 5.88 Å². The molecule has 2 aromatic rings. The molecule has 0 unspecified atom stereocenters. The molecule has 0 fully saturated rings. The van der Waals surface area contributed by atoms with E-state index in [2.05, 4.69) is 58.7 Å². The molecule has 2 heterocycles. The summed E-state index contributed by atoms with van der Waals surface area (Å²) < 4.78 is 5.51. The Morgan fingerprint density at radius 1 is 0.750 bits per heavy atom. The van der Waals surface area contributed by atoms with Gasteiger partial charge in [0, 0.05) is 17.3 Å². The molecule has 0 aromatic carbocycles. The van der Waals surface area contributed by atoms with Gasteiger partial charge in [0.1, 0.15) is 0 Å².